The van der Waals surface area contributed by atoms with Crippen LogP contribution in [0.2, 0.25) is 0 Å². The standard InChI is InChI=1S/C30H22BrN5O5/c31-24-13-16-27(41-29(38)20-11-14-25(15-12-20)36(39)40)21(17-24)19-32-34-28(37)26-18-30(35-33-26,22-7-3-1-4-8-22)23-9-5-2-6-10-23/h1-17,19,35H,18H2,(H,34,37)/b32-19+. The summed E-state index contributed by atoms with van der Waals surface area (Å²) in [4.78, 5) is 36.0. The summed E-state index contributed by atoms with van der Waals surface area (Å²) in [6, 6.07) is 29.5. The lowest BCUT2D eigenvalue weighted by atomic mass is 9.80. The number of nitro groups is 1. The summed E-state index contributed by atoms with van der Waals surface area (Å²) < 4.78 is 6.20. The molecule has 1 aliphatic rings. The first-order valence-corrected chi connectivity index (χ1v) is 13.2. The van der Waals surface area contributed by atoms with E-state index in [1.807, 2.05) is 60.7 Å². The molecule has 11 heteroatoms. The number of ether oxygens (including phenoxy) is 1. The van der Waals surface area contributed by atoms with Crippen LogP contribution in [-0.2, 0) is 10.3 Å². The number of nitrogens with one attached hydrogen (secondary N) is 2. The second-order valence-corrected chi connectivity index (χ2v) is 9.97. The minimum absolute atomic E-state index is 0.138. The highest BCUT2D eigenvalue weighted by Gasteiger charge is 2.41. The molecular formula is C30H22BrN5O5. The number of carbonyl (C=O) groups is 2. The molecule has 1 heterocycles. The van der Waals surface area contributed by atoms with Crippen LogP contribution in [0.25, 0.3) is 0 Å². The van der Waals surface area contributed by atoms with Crippen molar-refractivity contribution in [1.29, 1.82) is 0 Å². The summed E-state index contributed by atoms with van der Waals surface area (Å²) in [6.45, 7) is 0. The van der Waals surface area contributed by atoms with Crippen molar-refractivity contribution in [3.05, 3.63) is 140 Å². The largest absolute Gasteiger partial charge is 0.422 e. The molecule has 0 atom stereocenters. The molecule has 0 saturated heterocycles. The lowest BCUT2D eigenvalue weighted by Crippen LogP contribution is -2.38. The molecule has 10 nitrogen and oxygen atoms in total. The van der Waals surface area contributed by atoms with Crippen LogP contribution in [0, 0.1) is 10.1 Å². The molecule has 1 aliphatic heterocycles. The van der Waals surface area contributed by atoms with Gasteiger partial charge in [-0.15, -0.1) is 0 Å². The van der Waals surface area contributed by atoms with Crippen LogP contribution in [0.4, 0.5) is 5.69 Å². The average molecular weight is 612 g/mol. The van der Waals surface area contributed by atoms with Gasteiger partial charge in [-0.25, -0.2) is 10.2 Å². The average Bonchev–Trinajstić information content (AvgIpc) is 3.46. The summed E-state index contributed by atoms with van der Waals surface area (Å²) in [6.07, 6.45) is 1.66. The molecule has 1 amide bonds. The van der Waals surface area contributed by atoms with E-state index in [2.05, 4.69) is 37.0 Å². The van der Waals surface area contributed by atoms with Crippen molar-refractivity contribution < 1.29 is 19.2 Å². The lowest BCUT2D eigenvalue weighted by Gasteiger charge is -2.30. The lowest BCUT2D eigenvalue weighted by molar-refractivity contribution is -0.384. The van der Waals surface area contributed by atoms with E-state index in [-0.39, 0.29) is 22.7 Å². The highest BCUT2D eigenvalue weighted by molar-refractivity contribution is 9.10. The fraction of sp³-hybridized carbons (Fsp3) is 0.0667. The Morgan fingerprint density at radius 3 is 2.22 bits per heavy atom. The second kappa shape index (κ2) is 11.9. The Labute approximate surface area is 243 Å². The van der Waals surface area contributed by atoms with Crippen LogP contribution in [0.15, 0.2) is 118 Å². The monoisotopic (exact) mass is 611 g/mol. The van der Waals surface area contributed by atoms with Gasteiger partial charge in [-0.1, -0.05) is 76.6 Å². The molecule has 0 unspecified atom stereocenters. The zero-order chi connectivity index (χ0) is 28.8. The van der Waals surface area contributed by atoms with E-state index in [1.165, 1.54) is 30.5 Å². The van der Waals surface area contributed by atoms with E-state index >= 15 is 0 Å². The van der Waals surface area contributed by atoms with Gasteiger partial charge in [0.05, 0.1) is 16.7 Å². The van der Waals surface area contributed by atoms with Crippen LogP contribution in [-0.4, -0.2) is 28.7 Å². The van der Waals surface area contributed by atoms with E-state index in [4.69, 9.17) is 4.74 Å². The summed E-state index contributed by atoms with van der Waals surface area (Å²) >= 11 is 3.38. The number of hydrogen-bond donors (Lipinski definition) is 2. The zero-order valence-corrected chi connectivity index (χ0v) is 22.9. The fourth-order valence-electron chi connectivity index (χ4n) is 4.39. The van der Waals surface area contributed by atoms with Gasteiger partial charge in [0.2, 0.25) is 0 Å². The predicted molar refractivity (Wildman–Crippen MR) is 157 cm³/mol. The van der Waals surface area contributed by atoms with Gasteiger partial charge in [-0.05, 0) is 41.5 Å². The highest BCUT2D eigenvalue weighted by Crippen LogP contribution is 2.36. The molecule has 0 radical (unpaired) electrons. The maximum atomic E-state index is 13.0. The van der Waals surface area contributed by atoms with Crippen LogP contribution >= 0.6 is 15.9 Å². The molecule has 0 aliphatic carbocycles. The molecule has 0 spiro atoms. The minimum atomic E-state index is -0.706. The Balaban J connectivity index is 1.29. The van der Waals surface area contributed by atoms with E-state index in [0.29, 0.717) is 16.5 Å². The van der Waals surface area contributed by atoms with Crippen molar-refractivity contribution in [2.45, 2.75) is 12.0 Å². The van der Waals surface area contributed by atoms with Crippen LogP contribution < -0.4 is 15.6 Å². The molecule has 4 aromatic rings. The molecule has 0 aromatic heterocycles. The van der Waals surface area contributed by atoms with Gasteiger partial charge in [-0.2, -0.15) is 10.2 Å². The number of hydrazone groups is 2. The Hall–Kier alpha value is -5.16. The number of nitrogens with zero attached hydrogens (tertiary/aromatic N) is 3. The molecule has 0 bridgehead atoms. The maximum Gasteiger partial charge on any atom is 0.343 e. The summed E-state index contributed by atoms with van der Waals surface area (Å²) in [5.41, 5.74) is 7.59. The number of esters is 1. The van der Waals surface area contributed by atoms with E-state index < -0.39 is 22.3 Å². The number of nitro benzene ring substituents is 1. The number of hydrogen-bond acceptors (Lipinski definition) is 8. The molecule has 4 aromatic carbocycles. The molecule has 204 valence electrons. The van der Waals surface area contributed by atoms with Gasteiger partial charge >= 0.3 is 5.97 Å². The van der Waals surface area contributed by atoms with Gasteiger partial charge in [0.15, 0.2) is 0 Å². The van der Waals surface area contributed by atoms with Gasteiger partial charge in [0.1, 0.15) is 17.0 Å². The van der Waals surface area contributed by atoms with E-state index in [0.717, 1.165) is 11.1 Å². The molecule has 0 fully saturated rings. The smallest absolute Gasteiger partial charge is 0.343 e. The Bertz CT molecular complexity index is 1620. The van der Waals surface area contributed by atoms with E-state index in [1.54, 1.807) is 18.2 Å². The highest BCUT2D eigenvalue weighted by atomic mass is 79.9. The quantitative estimate of drug-likeness (QED) is 0.0910. The van der Waals surface area contributed by atoms with Crippen molar-refractivity contribution in [3.8, 4) is 5.75 Å². The zero-order valence-electron chi connectivity index (χ0n) is 21.4. The number of amides is 1. The second-order valence-electron chi connectivity index (χ2n) is 9.06. The van der Waals surface area contributed by atoms with Crippen LogP contribution in [0.3, 0.4) is 0 Å². The van der Waals surface area contributed by atoms with Crippen molar-refractivity contribution in [1.82, 2.24) is 10.9 Å². The Morgan fingerprint density at radius 1 is 0.976 bits per heavy atom. The Kier molecular flexibility index (Phi) is 7.97. The van der Waals surface area contributed by atoms with Gasteiger partial charge < -0.3 is 4.74 Å². The maximum absolute atomic E-state index is 13.0. The third-order valence-corrected chi connectivity index (χ3v) is 6.96. The third-order valence-electron chi connectivity index (χ3n) is 6.47. The molecule has 41 heavy (non-hydrogen) atoms. The van der Waals surface area contributed by atoms with Crippen LogP contribution in [0.1, 0.15) is 33.5 Å². The minimum Gasteiger partial charge on any atom is -0.422 e. The molecule has 5 rings (SSSR count). The molecule has 0 saturated carbocycles. The molecule has 2 N–H and O–H groups in total. The number of benzene rings is 4. The van der Waals surface area contributed by atoms with Crippen molar-refractivity contribution in [2.75, 3.05) is 0 Å². The number of non-ortho nitro benzene ring substituents is 1. The first-order valence-electron chi connectivity index (χ1n) is 12.4. The number of rotatable bonds is 8. The van der Waals surface area contributed by atoms with Crippen LogP contribution in [0.5, 0.6) is 5.75 Å². The first kappa shape index (κ1) is 27.4. The van der Waals surface area contributed by atoms with Gasteiger partial charge in [-0.3, -0.25) is 20.3 Å². The van der Waals surface area contributed by atoms with E-state index in [9.17, 15) is 19.7 Å². The summed E-state index contributed by atoms with van der Waals surface area (Å²) in [5, 5.41) is 19.3. The summed E-state index contributed by atoms with van der Waals surface area (Å²) in [7, 11) is 0. The molecular weight excluding hydrogens is 590 g/mol. The third kappa shape index (κ3) is 6.04. The SMILES string of the molecule is O=C(N/N=C/c1cc(Br)ccc1OC(=O)c1ccc([N+](=O)[O-])cc1)C1=NNC(c2ccccc2)(c2ccccc2)C1. The number of carbonyl (C=O) groups excluding carboxylic acids is 2. The van der Waals surface area contributed by atoms with Crippen molar-refractivity contribution in [3.63, 3.8) is 0 Å². The first-order chi connectivity index (χ1) is 19.9. The van der Waals surface area contributed by atoms with Crippen molar-refractivity contribution >= 4 is 45.4 Å². The predicted octanol–water partition coefficient (Wildman–Crippen LogP) is 5.32. The van der Waals surface area contributed by atoms with Crippen molar-refractivity contribution in [2.24, 2.45) is 10.2 Å². The fourth-order valence-corrected chi connectivity index (χ4v) is 4.76. The van der Waals surface area contributed by atoms with Gasteiger partial charge in [0, 0.05) is 28.6 Å². The normalized spacial score (nSPS) is 13.7. The summed E-state index contributed by atoms with van der Waals surface area (Å²) in [5.74, 6) is -1.01. The number of halogens is 1. The van der Waals surface area contributed by atoms with Gasteiger partial charge in [0.25, 0.3) is 11.6 Å². The Morgan fingerprint density at radius 2 is 1.61 bits per heavy atom. The topological polar surface area (TPSA) is 135 Å².